The number of methoxy groups -OCH3 is 1. The Balaban J connectivity index is 2.48. The summed E-state index contributed by atoms with van der Waals surface area (Å²) in [6.07, 6.45) is 4.78. The van der Waals surface area contributed by atoms with E-state index in [1.807, 2.05) is 26.2 Å². The van der Waals surface area contributed by atoms with Crippen molar-refractivity contribution in [2.75, 3.05) is 33.1 Å². The molecule has 0 fully saturated rings. The van der Waals surface area contributed by atoms with E-state index in [9.17, 15) is 9.59 Å². The molecule has 0 unspecified atom stereocenters. The molecule has 2 N–H and O–H groups in total. The van der Waals surface area contributed by atoms with Gasteiger partial charge in [0, 0.05) is 41.9 Å². The van der Waals surface area contributed by atoms with Gasteiger partial charge in [0.15, 0.2) is 0 Å². The van der Waals surface area contributed by atoms with Gasteiger partial charge in [-0.15, -0.1) is 11.8 Å². The third-order valence-corrected chi connectivity index (χ3v) is 5.56. The Morgan fingerprint density at radius 2 is 1.97 bits per heavy atom. The van der Waals surface area contributed by atoms with Gasteiger partial charge in [-0.1, -0.05) is 0 Å². The van der Waals surface area contributed by atoms with Gasteiger partial charge in [-0.2, -0.15) is 5.10 Å². The van der Waals surface area contributed by atoms with Gasteiger partial charge in [0.2, 0.25) is 11.7 Å². The number of hydrogen-bond donors (Lipinski definition) is 1. The minimum absolute atomic E-state index is 0.0552. The predicted octanol–water partition coefficient (Wildman–Crippen LogP) is 3.42. The van der Waals surface area contributed by atoms with Crippen molar-refractivity contribution in [3.8, 4) is 11.6 Å². The molecule has 0 aliphatic heterocycles. The molecule has 0 spiro atoms. The van der Waals surface area contributed by atoms with Gasteiger partial charge in [-0.3, -0.25) is 9.79 Å². The molecule has 2 rings (SSSR count). The molecule has 0 saturated heterocycles. The largest absolute Gasteiger partial charge is 0.490 e. The second kappa shape index (κ2) is 13.0. The van der Waals surface area contributed by atoms with Crippen molar-refractivity contribution in [3.63, 3.8) is 0 Å². The zero-order valence-corrected chi connectivity index (χ0v) is 21.3. The molecule has 9 nitrogen and oxygen atoms in total. The molecule has 2 aromatic rings. The number of aliphatic imine (C=N–C) groups is 1. The van der Waals surface area contributed by atoms with Crippen LogP contribution in [0, 0.1) is 6.92 Å². The third-order valence-electron chi connectivity index (χ3n) is 4.79. The summed E-state index contributed by atoms with van der Waals surface area (Å²) in [4.78, 5) is 31.4. The number of rotatable bonds is 12. The summed E-state index contributed by atoms with van der Waals surface area (Å²) >= 11 is 1.52. The number of ketones is 1. The number of hydrogen-bond acceptors (Lipinski definition) is 9. The molecular formula is C24H32N4O5S. The van der Waals surface area contributed by atoms with Crippen LogP contribution in [-0.4, -0.2) is 60.4 Å². The Morgan fingerprint density at radius 3 is 2.56 bits per heavy atom. The van der Waals surface area contributed by atoms with Crippen LogP contribution in [-0.2, 0) is 16.1 Å². The first kappa shape index (κ1) is 27.1. The van der Waals surface area contributed by atoms with E-state index in [-0.39, 0.29) is 22.9 Å². The Morgan fingerprint density at radius 1 is 1.24 bits per heavy atom. The average molecular weight is 489 g/mol. The van der Waals surface area contributed by atoms with Crippen LogP contribution in [0.5, 0.6) is 11.6 Å². The predicted molar refractivity (Wildman–Crippen MR) is 133 cm³/mol. The number of thioether (sulfide) groups is 1. The monoisotopic (exact) mass is 488 g/mol. The summed E-state index contributed by atoms with van der Waals surface area (Å²) in [6.45, 7) is 8.66. The van der Waals surface area contributed by atoms with Crippen LogP contribution in [0.25, 0.3) is 0 Å². The fourth-order valence-electron chi connectivity index (χ4n) is 3.18. The lowest BCUT2D eigenvalue weighted by atomic mass is 10.00. The van der Waals surface area contributed by atoms with E-state index in [0.717, 1.165) is 4.90 Å². The minimum atomic E-state index is -0.714. The Labute approximate surface area is 204 Å². The summed E-state index contributed by atoms with van der Waals surface area (Å²) in [6, 6.07) is 3.58. The lowest BCUT2D eigenvalue weighted by Gasteiger charge is -2.16. The fraction of sp³-hybridized carbons (Fsp3) is 0.417. The molecule has 34 heavy (non-hydrogen) atoms. The molecule has 0 bridgehead atoms. The number of nitrogens with two attached hydrogens (primary N) is 1. The van der Waals surface area contributed by atoms with E-state index in [1.165, 1.54) is 28.7 Å². The number of nitrogens with zero attached hydrogens (tertiary/aromatic N) is 3. The van der Waals surface area contributed by atoms with Crippen LogP contribution in [0.1, 0.15) is 42.3 Å². The van der Waals surface area contributed by atoms with E-state index < -0.39 is 5.97 Å². The molecule has 0 radical (unpaired) electrons. The molecule has 1 aromatic carbocycles. The van der Waals surface area contributed by atoms with Gasteiger partial charge in [-0.05, 0) is 52.2 Å². The number of carbonyl (C=O) groups excluding carboxylic acids is 2. The molecule has 184 valence electrons. The Hall–Kier alpha value is -3.11. The maximum atomic E-state index is 13.6. The van der Waals surface area contributed by atoms with Crippen molar-refractivity contribution >= 4 is 29.2 Å². The Bertz CT molecular complexity index is 1090. The molecule has 0 saturated carbocycles. The highest BCUT2D eigenvalue weighted by atomic mass is 32.2. The number of aryl methyl sites for hydroxylation is 1. The standard InChI is InChI=1S/C24H32N4O5S/c1-7-26-19(13-15(3)25)24(30)33-23-18(14-27-28(23)8-2)21(29)17-9-10-20(34-6)22(16(17)4)32-12-11-31-5/h9-10,13-14H,7-8,11-12,25H2,1-6H3. The molecule has 0 aliphatic rings. The van der Waals surface area contributed by atoms with Crippen molar-refractivity contribution < 1.29 is 23.8 Å². The van der Waals surface area contributed by atoms with E-state index in [1.54, 1.807) is 27.0 Å². The van der Waals surface area contributed by atoms with Crippen molar-refractivity contribution in [1.29, 1.82) is 0 Å². The van der Waals surface area contributed by atoms with Gasteiger partial charge in [-0.25, -0.2) is 9.48 Å². The van der Waals surface area contributed by atoms with E-state index >= 15 is 0 Å². The topological polar surface area (TPSA) is 118 Å². The van der Waals surface area contributed by atoms with Crippen LogP contribution in [0.15, 0.2) is 40.0 Å². The minimum Gasteiger partial charge on any atom is -0.490 e. The van der Waals surface area contributed by atoms with Crippen LogP contribution >= 0.6 is 11.8 Å². The summed E-state index contributed by atoms with van der Waals surface area (Å²) in [5, 5.41) is 4.23. The number of aromatic nitrogens is 2. The first-order chi connectivity index (χ1) is 16.3. The zero-order valence-electron chi connectivity index (χ0n) is 20.5. The normalized spacial score (nSPS) is 12.1. The summed E-state index contributed by atoms with van der Waals surface area (Å²) in [5.74, 6) is -0.366. The van der Waals surface area contributed by atoms with Gasteiger partial charge in [0.25, 0.3) is 0 Å². The highest BCUT2D eigenvalue weighted by molar-refractivity contribution is 7.98. The van der Waals surface area contributed by atoms with Crippen molar-refractivity contribution in [2.45, 2.75) is 39.1 Å². The molecule has 1 aromatic heterocycles. The smallest absolute Gasteiger partial charge is 0.363 e. The second-order valence-electron chi connectivity index (χ2n) is 7.26. The third kappa shape index (κ3) is 6.48. The first-order valence-electron chi connectivity index (χ1n) is 10.9. The van der Waals surface area contributed by atoms with Crippen LogP contribution < -0.4 is 15.2 Å². The van der Waals surface area contributed by atoms with Crippen LogP contribution in [0.3, 0.4) is 0 Å². The molecule has 0 amide bonds. The van der Waals surface area contributed by atoms with E-state index in [4.69, 9.17) is 19.9 Å². The number of esters is 1. The van der Waals surface area contributed by atoms with Crippen molar-refractivity contribution in [1.82, 2.24) is 9.78 Å². The summed E-state index contributed by atoms with van der Waals surface area (Å²) in [5.41, 5.74) is 7.49. The number of benzene rings is 1. The molecule has 1 heterocycles. The zero-order chi connectivity index (χ0) is 25.3. The van der Waals surface area contributed by atoms with Gasteiger partial charge < -0.3 is 19.9 Å². The highest BCUT2D eigenvalue weighted by Gasteiger charge is 2.26. The maximum absolute atomic E-state index is 13.6. The fourth-order valence-corrected chi connectivity index (χ4v) is 3.78. The molecule has 10 heteroatoms. The molecular weight excluding hydrogens is 456 g/mol. The van der Waals surface area contributed by atoms with E-state index in [0.29, 0.717) is 48.9 Å². The van der Waals surface area contributed by atoms with Crippen LogP contribution in [0.4, 0.5) is 0 Å². The van der Waals surface area contributed by atoms with Gasteiger partial charge >= 0.3 is 5.97 Å². The maximum Gasteiger partial charge on any atom is 0.363 e. The lowest BCUT2D eigenvalue weighted by molar-refractivity contribution is -0.127. The van der Waals surface area contributed by atoms with E-state index in [2.05, 4.69) is 10.1 Å². The first-order valence-corrected chi connectivity index (χ1v) is 12.1. The summed E-state index contributed by atoms with van der Waals surface area (Å²) < 4.78 is 18.0. The second-order valence-corrected chi connectivity index (χ2v) is 8.10. The average Bonchev–Trinajstić information content (AvgIpc) is 3.21. The van der Waals surface area contributed by atoms with Gasteiger partial charge in [0.1, 0.15) is 23.6 Å². The molecule has 0 aliphatic carbocycles. The lowest BCUT2D eigenvalue weighted by Crippen LogP contribution is -2.23. The Kier molecular flexibility index (Phi) is 10.3. The van der Waals surface area contributed by atoms with Crippen molar-refractivity contribution in [2.24, 2.45) is 10.7 Å². The number of allylic oxidation sites excluding steroid dienone is 1. The quantitative estimate of drug-likeness (QED) is 0.159. The van der Waals surface area contributed by atoms with Crippen LogP contribution in [0.2, 0.25) is 0 Å². The molecule has 0 atom stereocenters. The van der Waals surface area contributed by atoms with Crippen molar-refractivity contribution in [3.05, 3.63) is 46.8 Å². The number of carbonyl (C=O) groups is 2. The highest BCUT2D eigenvalue weighted by Crippen LogP contribution is 2.35. The van der Waals surface area contributed by atoms with Gasteiger partial charge in [0.05, 0.1) is 12.8 Å². The SMILES string of the molecule is CCN=C(C=C(C)N)C(=O)Oc1c(C(=O)c2ccc(SC)c(OCCOC)c2C)cnn1CC. The summed E-state index contributed by atoms with van der Waals surface area (Å²) in [7, 11) is 1.60. The number of ether oxygens (including phenoxy) is 3.